The number of carbonyl (C=O) groups excluding carboxylic acids is 1. The number of aryl methyl sites for hydroxylation is 1. The number of ether oxygens (including phenoxy) is 2. The van der Waals surface area contributed by atoms with Gasteiger partial charge in [-0.1, -0.05) is 0 Å². The number of aromatic nitrogens is 4. The molecule has 0 aliphatic heterocycles. The molecule has 1 amide bonds. The first-order chi connectivity index (χ1) is 13.0. The number of methoxy groups -OCH3 is 1. The number of anilines is 1. The Balaban J connectivity index is 1.71. The molecule has 0 saturated heterocycles. The molecule has 0 aliphatic carbocycles. The molecule has 0 aliphatic rings. The molecular formula is C17H15F2N5O3. The number of amides is 1. The van der Waals surface area contributed by atoms with Crippen LogP contribution in [0.5, 0.6) is 11.5 Å². The van der Waals surface area contributed by atoms with Gasteiger partial charge in [-0.05, 0) is 47.7 Å². The van der Waals surface area contributed by atoms with Crippen molar-refractivity contribution in [1.82, 2.24) is 20.2 Å². The number of halogens is 2. The van der Waals surface area contributed by atoms with Crippen molar-refractivity contribution in [3.05, 3.63) is 53.9 Å². The molecular weight excluding hydrogens is 360 g/mol. The topological polar surface area (TPSA) is 91.2 Å². The molecule has 27 heavy (non-hydrogen) atoms. The molecule has 0 radical (unpaired) electrons. The summed E-state index contributed by atoms with van der Waals surface area (Å²) < 4.78 is 38.2. The second-order valence-corrected chi connectivity index (χ2v) is 5.44. The molecule has 2 aromatic carbocycles. The Morgan fingerprint density at radius 3 is 2.63 bits per heavy atom. The zero-order valence-electron chi connectivity index (χ0n) is 14.4. The van der Waals surface area contributed by atoms with E-state index in [0.717, 1.165) is 12.1 Å². The smallest absolute Gasteiger partial charge is 0.262 e. The van der Waals surface area contributed by atoms with Crippen LogP contribution >= 0.6 is 0 Å². The van der Waals surface area contributed by atoms with Gasteiger partial charge in [-0.3, -0.25) is 4.79 Å². The van der Waals surface area contributed by atoms with Gasteiger partial charge in [0, 0.05) is 11.8 Å². The summed E-state index contributed by atoms with van der Waals surface area (Å²) in [6, 6.07) is 7.73. The molecule has 1 heterocycles. The van der Waals surface area contributed by atoms with Crippen molar-refractivity contribution in [1.29, 1.82) is 0 Å². The predicted molar refractivity (Wildman–Crippen MR) is 90.9 cm³/mol. The number of nitrogens with one attached hydrogen (secondary N) is 1. The van der Waals surface area contributed by atoms with Crippen molar-refractivity contribution < 1.29 is 23.0 Å². The average molecular weight is 375 g/mol. The van der Waals surface area contributed by atoms with Gasteiger partial charge in [-0.15, -0.1) is 5.10 Å². The number of benzene rings is 2. The van der Waals surface area contributed by atoms with E-state index in [4.69, 9.17) is 9.47 Å². The minimum absolute atomic E-state index is 0.216. The van der Waals surface area contributed by atoms with E-state index < -0.39 is 24.1 Å². The highest BCUT2D eigenvalue weighted by molar-refractivity contribution is 5.92. The third kappa shape index (κ3) is 4.17. The van der Waals surface area contributed by atoms with Gasteiger partial charge in [0.15, 0.2) is 24.0 Å². The Hall–Kier alpha value is -3.56. The Labute approximate surface area is 152 Å². The zero-order valence-corrected chi connectivity index (χ0v) is 14.4. The van der Waals surface area contributed by atoms with E-state index in [-0.39, 0.29) is 5.75 Å². The van der Waals surface area contributed by atoms with Crippen molar-refractivity contribution in [2.24, 2.45) is 0 Å². The van der Waals surface area contributed by atoms with E-state index in [1.54, 1.807) is 25.1 Å². The largest absolute Gasteiger partial charge is 0.494 e. The summed E-state index contributed by atoms with van der Waals surface area (Å²) in [5, 5.41) is 13.9. The molecule has 1 aromatic heterocycles. The first-order valence-corrected chi connectivity index (χ1v) is 7.79. The van der Waals surface area contributed by atoms with E-state index in [9.17, 15) is 13.6 Å². The lowest BCUT2D eigenvalue weighted by atomic mass is 10.2. The van der Waals surface area contributed by atoms with Crippen LogP contribution in [0.25, 0.3) is 5.69 Å². The fraction of sp³-hybridized carbons (Fsp3) is 0.176. The number of tetrazole rings is 1. The average Bonchev–Trinajstić information content (AvgIpc) is 3.06. The number of nitrogens with zero attached hydrogens (tertiary/aromatic N) is 4. The molecule has 0 unspecified atom stereocenters. The molecule has 10 heteroatoms. The molecule has 0 saturated carbocycles. The molecule has 3 aromatic rings. The van der Waals surface area contributed by atoms with Crippen LogP contribution in [0.4, 0.5) is 14.5 Å². The maximum atomic E-state index is 13.5. The maximum absolute atomic E-state index is 13.5. The van der Waals surface area contributed by atoms with Gasteiger partial charge in [0.1, 0.15) is 17.3 Å². The number of hydrogen-bond acceptors (Lipinski definition) is 6. The van der Waals surface area contributed by atoms with Crippen molar-refractivity contribution in [2.75, 3.05) is 19.0 Å². The first-order valence-electron chi connectivity index (χ1n) is 7.79. The number of carbonyl (C=O) groups is 1. The molecule has 0 fully saturated rings. The van der Waals surface area contributed by atoms with Crippen LogP contribution in [0.3, 0.4) is 0 Å². The van der Waals surface area contributed by atoms with Crippen molar-refractivity contribution in [2.45, 2.75) is 6.92 Å². The highest BCUT2D eigenvalue weighted by Crippen LogP contribution is 2.26. The quantitative estimate of drug-likeness (QED) is 0.711. The van der Waals surface area contributed by atoms with Gasteiger partial charge in [0.2, 0.25) is 0 Å². The number of hydrogen-bond donors (Lipinski definition) is 1. The van der Waals surface area contributed by atoms with Crippen molar-refractivity contribution >= 4 is 11.6 Å². The first kappa shape index (κ1) is 18.2. The van der Waals surface area contributed by atoms with E-state index in [0.29, 0.717) is 29.0 Å². The highest BCUT2D eigenvalue weighted by Gasteiger charge is 2.13. The van der Waals surface area contributed by atoms with Gasteiger partial charge in [0.05, 0.1) is 7.11 Å². The van der Waals surface area contributed by atoms with E-state index in [1.807, 2.05) is 0 Å². The maximum Gasteiger partial charge on any atom is 0.262 e. The van der Waals surface area contributed by atoms with Crippen molar-refractivity contribution in [3.8, 4) is 17.2 Å². The molecule has 140 valence electrons. The fourth-order valence-corrected chi connectivity index (χ4v) is 2.32. The molecule has 0 atom stereocenters. The number of rotatable bonds is 6. The molecule has 0 spiro atoms. The second-order valence-electron chi connectivity index (χ2n) is 5.44. The summed E-state index contributed by atoms with van der Waals surface area (Å²) in [6.07, 6.45) is 0. The Morgan fingerprint density at radius 1 is 1.19 bits per heavy atom. The van der Waals surface area contributed by atoms with Crippen LogP contribution in [-0.2, 0) is 4.79 Å². The van der Waals surface area contributed by atoms with Gasteiger partial charge >= 0.3 is 0 Å². The lowest BCUT2D eigenvalue weighted by Crippen LogP contribution is -2.20. The standard InChI is InChI=1S/C17H15F2N5O3/c1-10-21-22-23-24(10)14-8-12(4-6-16(14)26-2)20-17(25)9-27-15-5-3-11(18)7-13(15)19/h3-8H,9H2,1-2H3,(H,20,25). The summed E-state index contributed by atoms with van der Waals surface area (Å²) in [4.78, 5) is 12.1. The van der Waals surface area contributed by atoms with Gasteiger partial charge < -0.3 is 14.8 Å². The van der Waals surface area contributed by atoms with E-state index in [2.05, 4.69) is 20.8 Å². The summed E-state index contributed by atoms with van der Waals surface area (Å²) >= 11 is 0. The molecule has 1 N–H and O–H groups in total. The van der Waals surface area contributed by atoms with Gasteiger partial charge in [0.25, 0.3) is 5.91 Å². The third-order valence-corrected chi connectivity index (χ3v) is 3.57. The predicted octanol–water partition coefficient (Wildman–Crippen LogP) is 2.28. The fourth-order valence-electron chi connectivity index (χ4n) is 2.32. The molecule has 3 rings (SSSR count). The van der Waals surface area contributed by atoms with Crippen LogP contribution in [0.15, 0.2) is 36.4 Å². The van der Waals surface area contributed by atoms with Crippen LogP contribution < -0.4 is 14.8 Å². The van der Waals surface area contributed by atoms with Crippen LogP contribution in [0.1, 0.15) is 5.82 Å². The Morgan fingerprint density at radius 2 is 1.96 bits per heavy atom. The SMILES string of the molecule is COc1ccc(NC(=O)COc2ccc(F)cc2F)cc1-n1nnnc1C. The minimum Gasteiger partial charge on any atom is -0.494 e. The second kappa shape index (κ2) is 7.77. The summed E-state index contributed by atoms with van der Waals surface area (Å²) in [5.41, 5.74) is 0.970. The summed E-state index contributed by atoms with van der Waals surface area (Å²) in [7, 11) is 1.50. The van der Waals surface area contributed by atoms with Crippen LogP contribution in [-0.4, -0.2) is 39.8 Å². The third-order valence-electron chi connectivity index (χ3n) is 3.57. The van der Waals surface area contributed by atoms with Crippen LogP contribution in [0, 0.1) is 18.6 Å². The zero-order chi connectivity index (χ0) is 19.4. The normalized spacial score (nSPS) is 10.5. The Kier molecular flexibility index (Phi) is 5.25. The molecule has 8 nitrogen and oxygen atoms in total. The lowest BCUT2D eigenvalue weighted by molar-refractivity contribution is -0.118. The van der Waals surface area contributed by atoms with Gasteiger partial charge in [-0.2, -0.15) is 4.68 Å². The highest BCUT2D eigenvalue weighted by atomic mass is 19.1. The van der Waals surface area contributed by atoms with Crippen LogP contribution in [0.2, 0.25) is 0 Å². The van der Waals surface area contributed by atoms with E-state index in [1.165, 1.54) is 11.8 Å². The minimum atomic E-state index is -0.885. The van der Waals surface area contributed by atoms with Crippen molar-refractivity contribution in [3.63, 3.8) is 0 Å². The molecule has 0 bridgehead atoms. The van der Waals surface area contributed by atoms with Gasteiger partial charge in [-0.25, -0.2) is 8.78 Å². The summed E-state index contributed by atoms with van der Waals surface area (Å²) in [5.74, 6) is -1.31. The van der Waals surface area contributed by atoms with E-state index >= 15 is 0 Å². The lowest BCUT2D eigenvalue weighted by Gasteiger charge is -2.12. The summed E-state index contributed by atoms with van der Waals surface area (Å²) in [6.45, 7) is 1.27. The Bertz CT molecular complexity index is 977. The monoisotopic (exact) mass is 375 g/mol.